The van der Waals surface area contributed by atoms with Crippen LogP contribution in [0.1, 0.15) is 21.5 Å². The Labute approximate surface area is 195 Å². The third-order valence-corrected chi connectivity index (χ3v) is 6.72. The summed E-state index contributed by atoms with van der Waals surface area (Å²) in [6.07, 6.45) is 3.76. The van der Waals surface area contributed by atoms with Crippen molar-refractivity contribution in [2.45, 2.75) is 5.54 Å². The molecule has 0 amide bonds. The number of benzene rings is 3. The lowest BCUT2D eigenvalue weighted by atomic mass is 9.79. The number of anilines is 1. The standard InChI is InChI=1S/C27H23N3O4/c1-32-20-10-4-7-17-23(20)15(13-28-17)27(16-14-29-18-8-5-11-21(33-2)24(16)18)26(31)25-19(30-27)9-6-12-22(25)34-3/h4-14,28-30H,1-3H3. The molecular formula is C27H23N3O4. The van der Waals surface area contributed by atoms with Gasteiger partial charge in [0.1, 0.15) is 17.2 Å². The summed E-state index contributed by atoms with van der Waals surface area (Å²) >= 11 is 0. The summed E-state index contributed by atoms with van der Waals surface area (Å²) in [6.45, 7) is 0. The number of ether oxygens (including phenoxy) is 3. The van der Waals surface area contributed by atoms with Crippen LogP contribution in [0.3, 0.4) is 0 Å². The zero-order valence-electron chi connectivity index (χ0n) is 19.0. The van der Waals surface area contributed by atoms with E-state index in [1.807, 2.05) is 60.9 Å². The number of H-pyrrole nitrogens is 2. The minimum absolute atomic E-state index is 0.112. The molecule has 7 heteroatoms. The number of nitrogens with one attached hydrogen (secondary N) is 3. The van der Waals surface area contributed by atoms with Crippen molar-refractivity contribution >= 4 is 33.3 Å². The highest BCUT2D eigenvalue weighted by atomic mass is 16.5. The van der Waals surface area contributed by atoms with Gasteiger partial charge in [-0.3, -0.25) is 4.79 Å². The second-order valence-electron chi connectivity index (χ2n) is 8.26. The molecule has 6 rings (SSSR count). The molecule has 0 spiro atoms. The predicted molar refractivity (Wildman–Crippen MR) is 131 cm³/mol. The summed E-state index contributed by atoms with van der Waals surface area (Å²) in [5, 5.41) is 5.25. The maximum absolute atomic E-state index is 14.5. The molecule has 0 radical (unpaired) electrons. The van der Waals surface area contributed by atoms with Gasteiger partial charge >= 0.3 is 0 Å². The first-order chi connectivity index (χ1) is 16.6. The molecule has 0 unspecified atom stereocenters. The normalized spacial score (nSPS) is 14.3. The molecule has 0 bridgehead atoms. The van der Waals surface area contributed by atoms with E-state index < -0.39 is 5.54 Å². The lowest BCUT2D eigenvalue weighted by Crippen LogP contribution is -2.39. The number of Topliss-reactive ketones (excluding diaryl/α,β-unsaturated/α-hetero) is 1. The third-order valence-electron chi connectivity index (χ3n) is 6.72. The molecule has 0 saturated carbocycles. The van der Waals surface area contributed by atoms with Crippen molar-refractivity contribution < 1.29 is 19.0 Å². The van der Waals surface area contributed by atoms with E-state index >= 15 is 0 Å². The van der Waals surface area contributed by atoms with Crippen LogP contribution in [-0.4, -0.2) is 37.1 Å². The van der Waals surface area contributed by atoms with Crippen LogP contribution >= 0.6 is 0 Å². The molecule has 1 aliphatic heterocycles. The maximum Gasteiger partial charge on any atom is 0.203 e. The van der Waals surface area contributed by atoms with Crippen LogP contribution in [0.5, 0.6) is 17.2 Å². The fourth-order valence-corrected chi connectivity index (χ4v) is 5.24. The van der Waals surface area contributed by atoms with Crippen LogP contribution in [0.4, 0.5) is 5.69 Å². The first kappa shape index (κ1) is 20.2. The monoisotopic (exact) mass is 453 g/mol. The van der Waals surface area contributed by atoms with E-state index in [4.69, 9.17) is 14.2 Å². The van der Waals surface area contributed by atoms with Gasteiger partial charge in [0.15, 0.2) is 5.54 Å². The smallest absolute Gasteiger partial charge is 0.203 e. The van der Waals surface area contributed by atoms with Crippen molar-refractivity contribution in [2.75, 3.05) is 26.6 Å². The number of fused-ring (bicyclic) bond motifs is 3. The van der Waals surface area contributed by atoms with Gasteiger partial charge in [-0.25, -0.2) is 0 Å². The zero-order chi connectivity index (χ0) is 23.4. The van der Waals surface area contributed by atoms with Gasteiger partial charge in [0, 0.05) is 45.3 Å². The van der Waals surface area contributed by atoms with Gasteiger partial charge in [0.2, 0.25) is 5.78 Å². The lowest BCUT2D eigenvalue weighted by molar-refractivity contribution is 0.0939. The number of ketones is 1. The van der Waals surface area contributed by atoms with Crippen LogP contribution < -0.4 is 19.5 Å². The van der Waals surface area contributed by atoms with E-state index in [0.29, 0.717) is 28.5 Å². The molecule has 0 fully saturated rings. The molecule has 5 aromatic rings. The lowest BCUT2D eigenvalue weighted by Gasteiger charge is -2.29. The van der Waals surface area contributed by atoms with Crippen molar-refractivity contribution in [1.82, 2.24) is 9.97 Å². The van der Waals surface area contributed by atoms with Crippen LogP contribution in [0.15, 0.2) is 67.0 Å². The topological polar surface area (TPSA) is 88.4 Å². The molecular weight excluding hydrogens is 430 g/mol. The summed E-state index contributed by atoms with van der Waals surface area (Å²) in [4.78, 5) is 21.2. The van der Waals surface area contributed by atoms with E-state index in [1.165, 1.54) is 0 Å². The second kappa shape index (κ2) is 7.31. The molecule has 3 N–H and O–H groups in total. The Kier molecular flexibility index (Phi) is 4.35. The Balaban J connectivity index is 1.75. The van der Waals surface area contributed by atoms with Gasteiger partial charge in [0.25, 0.3) is 0 Å². The number of carbonyl (C=O) groups is 1. The Morgan fingerprint density at radius 2 is 1.18 bits per heavy atom. The molecule has 0 aliphatic carbocycles. The highest BCUT2D eigenvalue weighted by Crippen LogP contribution is 2.52. The number of hydrogen-bond donors (Lipinski definition) is 3. The largest absolute Gasteiger partial charge is 0.496 e. The molecule has 0 saturated heterocycles. The first-order valence-corrected chi connectivity index (χ1v) is 10.9. The zero-order valence-corrected chi connectivity index (χ0v) is 19.0. The fraction of sp³-hybridized carbons (Fsp3) is 0.148. The number of rotatable bonds is 5. The Hall–Kier alpha value is -4.39. The number of methoxy groups -OCH3 is 3. The van der Waals surface area contributed by atoms with E-state index in [0.717, 1.165) is 32.9 Å². The van der Waals surface area contributed by atoms with Crippen molar-refractivity contribution in [3.63, 3.8) is 0 Å². The highest BCUT2D eigenvalue weighted by molar-refractivity contribution is 6.20. The SMILES string of the molecule is COc1cccc2c1C(=O)C(c1c[nH]c3cccc(OC)c13)(c1c[nH]c3cccc(OC)c13)N2. The van der Waals surface area contributed by atoms with Crippen molar-refractivity contribution in [3.8, 4) is 17.2 Å². The minimum Gasteiger partial charge on any atom is -0.496 e. The number of carbonyl (C=O) groups excluding carboxylic acids is 1. The second-order valence-corrected chi connectivity index (χ2v) is 8.26. The van der Waals surface area contributed by atoms with Gasteiger partial charge < -0.3 is 29.5 Å². The molecule has 34 heavy (non-hydrogen) atoms. The maximum atomic E-state index is 14.5. The number of aromatic nitrogens is 2. The highest BCUT2D eigenvalue weighted by Gasteiger charge is 2.52. The van der Waals surface area contributed by atoms with Gasteiger partial charge in [-0.2, -0.15) is 0 Å². The summed E-state index contributed by atoms with van der Waals surface area (Å²) in [6, 6.07) is 17.2. The van der Waals surface area contributed by atoms with Gasteiger partial charge in [0.05, 0.1) is 32.6 Å². The molecule has 7 nitrogen and oxygen atoms in total. The van der Waals surface area contributed by atoms with Crippen molar-refractivity contribution in [2.24, 2.45) is 0 Å². The first-order valence-electron chi connectivity index (χ1n) is 10.9. The van der Waals surface area contributed by atoms with E-state index in [-0.39, 0.29) is 5.78 Å². The molecule has 1 aliphatic rings. The summed E-state index contributed by atoms with van der Waals surface area (Å²) in [5.74, 6) is 1.77. The summed E-state index contributed by atoms with van der Waals surface area (Å²) in [5.41, 5.74) is 3.23. The minimum atomic E-state index is -1.25. The van der Waals surface area contributed by atoms with Crippen LogP contribution in [0.2, 0.25) is 0 Å². The van der Waals surface area contributed by atoms with E-state index in [2.05, 4.69) is 15.3 Å². The van der Waals surface area contributed by atoms with Crippen LogP contribution in [0.25, 0.3) is 21.8 Å². The van der Waals surface area contributed by atoms with E-state index in [1.54, 1.807) is 27.4 Å². The van der Waals surface area contributed by atoms with Gasteiger partial charge in [-0.15, -0.1) is 0 Å². The van der Waals surface area contributed by atoms with Crippen LogP contribution in [0, 0.1) is 0 Å². The molecule has 3 heterocycles. The summed E-state index contributed by atoms with van der Waals surface area (Å²) < 4.78 is 17.0. The van der Waals surface area contributed by atoms with Crippen LogP contribution in [-0.2, 0) is 5.54 Å². The van der Waals surface area contributed by atoms with Crippen molar-refractivity contribution in [3.05, 3.63) is 83.7 Å². The Bertz CT molecular complexity index is 1500. The van der Waals surface area contributed by atoms with Gasteiger partial charge in [-0.05, 0) is 36.4 Å². The van der Waals surface area contributed by atoms with Gasteiger partial charge in [-0.1, -0.05) is 18.2 Å². The fourth-order valence-electron chi connectivity index (χ4n) is 5.24. The average Bonchev–Trinajstić information content (AvgIpc) is 3.58. The quantitative estimate of drug-likeness (QED) is 0.339. The molecule has 3 aromatic carbocycles. The van der Waals surface area contributed by atoms with Crippen molar-refractivity contribution in [1.29, 1.82) is 0 Å². The Morgan fingerprint density at radius 1 is 0.676 bits per heavy atom. The molecule has 0 atom stereocenters. The number of hydrogen-bond acceptors (Lipinski definition) is 5. The molecule has 2 aromatic heterocycles. The average molecular weight is 453 g/mol. The summed E-state index contributed by atoms with van der Waals surface area (Å²) in [7, 11) is 4.84. The number of aromatic amines is 2. The third kappa shape index (κ3) is 2.49. The van der Waals surface area contributed by atoms with E-state index in [9.17, 15) is 4.79 Å². The predicted octanol–water partition coefficient (Wildman–Crippen LogP) is 5.23. The Morgan fingerprint density at radius 3 is 1.71 bits per heavy atom. The molecule has 170 valence electrons.